The first-order valence-corrected chi connectivity index (χ1v) is 18.9. The topological polar surface area (TPSA) is 51.6 Å². The molecular formula is C49H30N4S. The fourth-order valence-corrected chi connectivity index (χ4v) is 9.66. The Kier molecular flexibility index (Phi) is 6.97. The van der Waals surface area contributed by atoms with Gasteiger partial charge in [0, 0.05) is 38.1 Å². The molecule has 0 N–H and O–H groups in total. The summed E-state index contributed by atoms with van der Waals surface area (Å²) < 4.78 is 0. The maximum atomic E-state index is 5.14. The largest absolute Gasteiger partial charge is 0.256 e. The second-order valence-corrected chi connectivity index (χ2v) is 14.9. The zero-order valence-corrected chi connectivity index (χ0v) is 29.8. The van der Waals surface area contributed by atoms with Gasteiger partial charge < -0.3 is 0 Å². The molecule has 11 rings (SSSR count). The van der Waals surface area contributed by atoms with E-state index in [2.05, 4.69) is 138 Å². The summed E-state index contributed by atoms with van der Waals surface area (Å²) in [7, 11) is 0. The van der Waals surface area contributed by atoms with E-state index in [4.69, 9.17) is 15.0 Å². The Morgan fingerprint density at radius 3 is 1.52 bits per heavy atom. The average Bonchev–Trinajstić information content (AvgIpc) is 3.54. The van der Waals surface area contributed by atoms with Crippen molar-refractivity contribution in [2.45, 2.75) is 15.2 Å². The molecule has 252 valence electrons. The second kappa shape index (κ2) is 12.2. The highest BCUT2D eigenvalue weighted by atomic mass is 32.2. The molecule has 0 fully saturated rings. The van der Waals surface area contributed by atoms with Gasteiger partial charge in [-0.2, -0.15) is 0 Å². The summed E-state index contributed by atoms with van der Waals surface area (Å²) in [6.45, 7) is 0. The van der Waals surface area contributed by atoms with Gasteiger partial charge in [-0.1, -0.05) is 151 Å². The standard InChI is InChI=1S/C49H30N4S/c1-3-13-31(14-4-1)46-51-47(32-15-5-2-6-16-32)53-48(52-46)34-25-27-45-42(30-34)49(39-21-9-7-17-36(39)37-18-8-10-22-40(37)49)41-29-33(24-26-44(41)54-45)35-19-11-23-43-38(35)20-12-28-50-43/h1-30H. The monoisotopic (exact) mass is 706 g/mol. The molecule has 1 spiro atoms. The van der Waals surface area contributed by atoms with Crippen LogP contribution in [0.15, 0.2) is 192 Å². The van der Waals surface area contributed by atoms with Crippen LogP contribution < -0.4 is 0 Å². The van der Waals surface area contributed by atoms with E-state index in [1.54, 1.807) is 0 Å². The number of hydrogen-bond acceptors (Lipinski definition) is 5. The Balaban J connectivity index is 1.19. The van der Waals surface area contributed by atoms with Gasteiger partial charge in [0.15, 0.2) is 17.5 Å². The SMILES string of the molecule is c1ccc(-c2nc(-c3ccccc3)nc(-c3ccc4c(c3)C3(c5cc(-c6cccc7ncccc67)ccc5S4)c4ccccc4-c4ccccc43)n2)cc1. The molecule has 0 saturated carbocycles. The third-order valence-corrected chi connectivity index (χ3v) is 12.0. The quantitative estimate of drug-likeness (QED) is 0.182. The van der Waals surface area contributed by atoms with Gasteiger partial charge in [0.05, 0.1) is 10.9 Å². The number of benzene rings is 7. The van der Waals surface area contributed by atoms with Crippen LogP contribution >= 0.6 is 11.8 Å². The lowest BCUT2D eigenvalue weighted by Gasteiger charge is -2.40. The lowest BCUT2D eigenvalue weighted by Crippen LogP contribution is -2.32. The number of hydrogen-bond donors (Lipinski definition) is 0. The predicted molar refractivity (Wildman–Crippen MR) is 218 cm³/mol. The summed E-state index contributed by atoms with van der Waals surface area (Å²) in [6, 6.07) is 62.6. The van der Waals surface area contributed by atoms with Gasteiger partial charge in [0.25, 0.3) is 0 Å². The maximum Gasteiger partial charge on any atom is 0.164 e. The molecule has 5 heteroatoms. The number of rotatable bonds is 4. The summed E-state index contributed by atoms with van der Waals surface area (Å²) in [4.78, 5) is 22.4. The minimum atomic E-state index is -0.574. The van der Waals surface area contributed by atoms with Crippen molar-refractivity contribution in [1.82, 2.24) is 19.9 Å². The maximum absolute atomic E-state index is 5.14. The van der Waals surface area contributed by atoms with Crippen LogP contribution in [-0.4, -0.2) is 19.9 Å². The molecule has 54 heavy (non-hydrogen) atoms. The highest BCUT2D eigenvalue weighted by molar-refractivity contribution is 7.99. The Bertz CT molecular complexity index is 2810. The molecule has 0 atom stereocenters. The van der Waals surface area contributed by atoms with Crippen molar-refractivity contribution in [1.29, 1.82) is 0 Å². The zero-order valence-electron chi connectivity index (χ0n) is 29.0. The van der Waals surface area contributed by atoms with Gasteiger partial charge in [0.2, 0.25) is 0 Å². The van der Waals surface area contributed by atoms with Crippen LogP contribution in [0.3, 0.4) is 0 Å². The molecule has 0 radical (unpaired) electrons. The van der Waals surface area contributed by atoms with Crippen LogP contribution in [-0.2, 0) is 5.41 Å². The molecule has 2 aliphatic rings. The van der Waals surface area contributed by atoms with Crippen molar-refractivity contribution in [3.8, 4) is 56.4 Å². The predicted octanol–water partition coefficient (Wildman–Crippen LogP) is 11.9. The number of nitrogens with zero attached hydrogens (tertiary/aromatic N) is 4. The average molecular weight is 707 g/mol. The van der Waals surface area contributed by atoms with Gasteiger partial charge in [-0.05, 0) is 80.9 Å². The first-order chi connectivity index (χ1) is 26.8. The number of aromatic nitrogens is 4. The van der Waals surface area contributed by atoms with Gasteiger partial charge in [-0.25, -0.2) is 15.0 Å². The van der Waals surface area contributed by atoms with Crippen molar-refractivity contribution in [3.63, 3.8) is 0 Å². The minimum absolute atomic E-state index is 0.574. The smallest absolute Gasteiger partial charge is 0.164 e. The lowest BCUT2D eigenvalue weighted by molar-refractivity contribution is 0.723. The summed E-state index contributed by atoms with van der Waals surface area (Å²) in [6.07, 6.45) is 1.86. The van der Waals surface area contributed by atoms with Crippen LogP contribution in [0, 0.1) is 0 Å². The lowest BCUT2D eigenvalue weighted by atomic mass is 9.66. The minimum Gasteiger partial charge on any atom is -0.256 e. The molecule has 7 aromatic carbocycles. The van der Waals surface area contributed by atoms with Gasteiger partial charge >= 0.3 is 0 Å². The van der Waals surface area contributed by atoms with Crippen LogP contribution in [0.4, 0.5) is 0 Å². The Labute approximate surface area is 317 Å². The molecule has 1 aliphatic heterocycles. The summed E-state index contributed by atoms with van der Waals surface area (Å²) >= 11 is 1.84. The fraction of sp³-hybridized carbons (Fsp3) is 0.0204. The molecule has 4 nitrogen and oxygen atoms in total. The molecule has 1 aliphatic carbocycles. The molecule has 2 aromatic heterocycles. The normalized spacial score (nSPS) is 13.3. The first kappa shape index (κ1) is 30.9. The van der Waals surface area contributed by atoms with Crippen molar-refractivity contribution in [3.05, 3.63) is 204 Å². The van der Waals surface area contributed by atoms with Crippen molar-refractivity contribution in [2.24, 2.45) is 0 Å². The molecule has 0 unspecified atom stereocenters. The van der Waals surface area contributed by atoms with E-state index in [-0.39, 0.29) is 0 Å². The van der Waals surface area contributed by atoms with E-state index in [0.717, 1.165) is 27.6 Å². The van der Waals surface area contributed by atoms with Crippen LogP contribution in [0.1, 0.15) is 22.3 Å². The van der Waals surface area contributed by atoms with E-state index in [1.165, 1.54) is 54.3 Å². The Morgan fingerprint density at radius 2 is 0.889 bits per heavy atom. The van der Waals surface area contributed by atoms with Crippen LogP contribution in [0.25, 0.3) is 67.3 Å². The first-order valence-electron chi connectivity index (χ1n) is 18.1. The number of pyridine rings is 1. The fourth-order valence-electron chi connectivity index (χ4n) is 8.50. The highest BCUT2D eigenvalue weighted by Crippen LogP contribution is 2.62. The highest BCUT2D eigenvalue weighted by Gasteiger charge is 2.50. The van der Waals surface area contributed by atoms with E-state index < -0.39 is 5.41 Å². The van der Waals surface area contributed by atoms with Gasteiger partial charge in [0.1, 0.15) is 0 Å². The summed E-state index contributed by atoms with van der Waals surface area (Å²) in [5.74, 6) is 1.95. The molecule has 3 heterocycles. The molecule has 0 saturated heterocycles. The molecule has 0 bridgehead atoms. The summed E-state index contributed by atoms with van der Waals surface area (Å²) in [5, 5.41) is 1.14. The van der Waals surface area contributed by atoms with Crippen LogP contribution in [0.5, 0.6) is 0 Å². The second-order valence-electron chi connectivity index (χ2n) is 13.8. The molecule has 0 amide bonds. The molecule has 9 aromatic rings. The van der Waals surface area contributed by atoms with E-state index in [1.807, 2.05) is 60.4 Å². The van der Waals surface area contributed by atoms with E-state index in [0.29, 0.717) is 17.5 Å². The van der Waals surface area contributed by atoms with E-state index in [9.17, 15) is 0 Å². The van der Waals surface area contributed by atoms with Crippen molar-refractivity contribution >= 4 is 22.7 Å². The third-order valence-electron chi connectivity index (χ3n) is 10.9. The Morgan fingerprint density at radius 1 is 0.370 bits per heavy atom. The number of fused-ring (bicyclic) bond motifs is 10. The van der Waals surface area contributed by atoms with Crippen LogP contribution in [0.2, 0.25) is 0 Å². The third kappa shape index (κ3) is 4.65. The van der Waals surface area contributed by atoms with E-state index >= 15 is 0 Å². The Hall–Kier alpha value is -6.69. The van der Waals surface area contributed by atoms with Crippen molar-refractivity contribution in [2.75, 3.05) is 0 Å². The van der Waals surface area contributed by atoms with Gasteiger partial charge in [-0.15, -0.1) is 0 Å². The zero-order chi connectivity index (χ0) is 35.6. The molecular weight excluding hydrogens is 677 g/mol. The van der Waals surface area contributed by atoms with Crippen molar-refractivity contribution < 1.29 is 0 Å². The summed E-state index contributed by atoms with van der Waals surface area (Å²) in [5.41, 5.74) is 13.2. The van der Waals surface area contributed by atoms with Gasteiger partial charge in [-0.3, -0.25) is 4.98 Å².